The molecule has 2 aromatic rings. The van der Waals surface area contributed by atoms with Crippen LogP contribution >= 0.6 is 12.6 Å². The third kappa shape index (κ3) is 23.3. The number of hydrogen-bond acceptors (Lipinski definition) is 16. The number of aliphatic hydroxyl groups excluding tert-OH is 1. The number of aliphatic hydroxyl groups is 1. The summed E-state index contributed by atoms with van der Waals surface area (Å²) in [7, 11) is 5.98. The predicted molar refractivity (Wildman–Crippen MR) is 362 cm³/mol. The third-order valence-electron chi connectivity index (χ3n) is 17.8. The lowest BCUT2D eigenvalue weighted by molar-refractivity contribution is -0.148. The molecule has 12 amide bonds. The van der Waals surface area contributed by atoms with Gasteiger partial charge in [-0.2, -0.15) is 12.6 Å². The lowest BCUT2D eigenvalue weighted by Gasteiger charge is -2.41. The fourth-order valence-electron chi connectivity index (χ4n) is 12.1. The SMILES string of the molecule is C=C(C)[C@@H](C(=O)N[C@H](C(=O)N(C)[C@@H]([C@@H](C)CC)[C@@H](CC(=O)N1CCC[C@H]1[C@H](OC)[C@@H](C)C(=O)N[C@H](C)[C@@H](O)c1ccccc1)OC)C(C)C)N(C)C(=O)OCc1ccc(NC(=O)[C@H](CCCNC(N)=O)NC(=O)[C@@H](NC(=O)CCCCCN2C(=O)C[C@H](S)C2=O)C(C)C)cc1. The molecule has 2 fully saturated rings. The zero-order valence-corrected chi connectivity index (χ0v) is 58.5. The van der Waals surface area contributed by atoms with E-state index in [2.05, 4.69) is 51.1 Å². The second kappa shape index (κ2) is 38.8. The van der Waals surface area contributed by atoms with Gasteiger partial charge < -0.3 is 66.8 Å². The lowest BCUT2D eigenvalue weighted by atomic mass is 9.89. The Morgan fingerprint density at radius 1 is 0.789 bits per heavy atom. The number of urea groups is 1. The average molecular weight is 1350 g/mol. The zero-order valence-electron chi connectivity index (χ0n) is 57.6. The van der Waals surface area contributed by atoms with E-state index in [1.54, 1.807) is 96.8 Å². The molecule has 0 aliphatic carbocycles. The molecule has 2 saturated heterocycles. The Balaban J connectivity index is 1.37. The average Bonchev–Trinajstić information content (AvgIpc) is 1.78. The number of amides is 12. The van der Waals surface area contributed by atoms with Crippen LogP contribution in [0.2, 0.25) is 0 Å². The van der Waals surface area contributed by atoms with E-state index >= 15 is 0 Å². The van der Waals surface area contributed by atoms with Crippen molar-refractivity contribution in [1.82, 2.24) is 46.2 Å². The van der Waals surface area contributed by atoms with Gasteiger partial charge in [-0.15, -0.1) is 0 Å². The minimum atomic E-state index is -1.28. The Hall–Kier alpha value is -7.62. The van der Waals surface area contributed by atoms with E-state index in [-0.39, 0.29) is 92.8 Å². The van der Waals surface area contributed by atoms with Gasteiger partial charge >= 0.3 is 12.1 Å². The first kappa shape index (κ1) is 79.8. The molecular formula is C68H105N11O15S. The number of carbonyl (C=O) groups excluding carboxylic acids is 11. The first-order chi connectivity index (χ1) is 44.9. The summed E-state index contributed by atoms with van der Waals surface area (Å²) < 4.78 is 17.7. The van der Waals surface area contributed by atoms with Gasteiger partial charge in [0.05, 0.1) is 54.0 Å². The van der Waals surface area contributed by atoms with Gasteiger partial charge in [0.1, 0.15) is 30.8 Å². The molecule has 2 heterocycles. The highest BCUT2D eigenvalue weighted by molar-refractivity contribution is 7.81. The molecule has 0 unspecified atom stereocenters. The van der Waals surface area contributed by atoms with Crippen molar-refractivity contribution in [2.75, 3.05) is 53.3 Å². The molecule has 27 heteroatoms. The molecule has 0 bridgehead atoms. The number of thiol groups is 1. The van der Waals surface area contributed by atoms with Crippen LogP contribution in [0.3, 0.4) is 0 Å². The number of benzene rings is 2. The summed E-state index contributed by atoms with van der Waals surface area (Å²) in [5.41, 5.74) is 7.01. The summed E-state index contributed by atoms with van der Waals surface area (Å²) in [6.07, 6.45) is 0.414. The Bertz CT molecular complexity index is 2940. The molecule has 9 N–H and O–H groups in total. The van der Waals surface area contributed by atoms with Crippen molar-refractivity contribution in [3.8, 4) is 0 Å². The van der Waals surface area contributed by atoms with Crippen molar-refractivity contribution in [3.05, 3.63) is 77.9 Å². The number of likely N-dealkylation sites (tertiary alicyclic amines) is 2. The van der Waals surface area contributed by atoms with Gasteiger partial charge in [0.25, 0.3) is 0 Å². The van der Waals surface area contributed by atoms with E-state index in [9.17, 15) is 57.8 Å². The molecule has 0 aromatic heterocycles. The maximum atomic E-state index is 14.8. The number of carbonyl (C=O) groups is 11. The normalized spacial score (nSPS) is 18.2. The van der Waals surface area contributed by atoms with Crippen LogP contribution < -0.4 is 37.6 Å². The number of unbranched alkanes of at least 4 members (excludes halogenated alkanes) is 2. The van der Waals surface area contributed by atoms with E-state index in [0.29, 0.717) is 61.9 Å². The molecule has 0 radical (unpaired) electrons. The van der Waals surface area contributed by atoms with Gasteiger partial charge in [0, 0.05) is 66.5 Å². The minimum Gasteiger partial charge on any atom is -0.445 e. The number of anilines is 1. The van der Waals surface area contributed by atoms with Gasteiger partial charge in [0.15, 0.2) is 0 Å². The highest BCUT2D eigenvalue weighted by atomic mass is 32.1. The molecule has 26 nitrogen and oxygen atoms in total. The van der Waals surface area contributed by atoms with Crippen LogP contribution in [0.15, 0.2) is 66.7 Å². The highest BCUT2D eigenvalue weighted by Crippen LogP contribution is 2.31. The quantitative estimate of drug-likeness (QED) is 0.0182. The fourth-order valence-corrected chi connectivity index (χ4v) is 12.4. The minimum absolute atomic E-state index is 0.0609. The highest BCUT2D eigenvalue weighted by Gasteiger charge is 2.44. The number of rotatable bonds is 38. The summed E-state index contributed by atoms with van der Waals surface area (Å²) in [4.78, 5) is 153. The summed E-state index contributed by atoms with van der Waals surface area (Å²) in [6, 6.07) is 8.37. The molecule has 4 rings (SSSR count). The number of nitrogens with zero attached hydrogens (tertiary/aromatic N) is 4. The Morgan fingerprint density at radius 3 is 2.01 bits per heavy atom. The Labute approximate surface area is 565 Å². The fraction of sp³-hybridized carbons (Fsp3) is 0.632. The van der Waals surface area contributed by atoms with Crippen molar-refractivity contribution < 1.29 is 72.1 Å². The maximum absolute atomic E-state index is 14.8. The smallest absolute Gasteiger partial charge is 0.410 e. The molecule has 528 valence electrons. The standard InChI is InChI=1S/C68H105N11O15S/c1-15-42(8)58(50(92-13)36-53(81)78-35-23-27-49(78)60(93-14)43(9)61(84)71-44(10)59(83)46-24-18-16-19-25-46)76(11)66(89)56(40(4)5)75-64(87)57(41(6)7)77(12)68(91)94-38-45-29-31-47(32-30-45)72-62(85)48(26-22-33-70-67(69)90)73-63(86)55(39(2)3)74-52(80)28-20-17-21-34-79-54(82)37-51(95)65(79)88/h16,18-19,24-25,29-32,39-40,42-44,48-51,55-60,83,95H,6,15,17,20-23,26-28,33-38H2,1-5,7-14H3,(H,71,84)(H,72,85)(H,73,86)(H,74,80)(H,75,87)(H3,69,70,90)/t42-,43+,44+,48-,49-,50+,51-,55-,56-,57-,58-,59+,60+/m0/s1. The van der Waals surface area contributed by atoms with Crippen molar-refractivity contribution in [2.24, 2.45) is 29.4 Å². The van der Waals surface area contributed by atoms with E-state index in [1.807, 2.05) is 32.0 Å². The number of methoxy groups -OCH3 is 2. The molecule has 2 aliphatic rings. The molecule has 95 heavy (non-hydrogen) atoms. The van der Waals surface area contributed by atoms with Crippen molar-refractivity contribution in [2.45, 2.75) is 205 Å². The molecule has 0 spiro atoms. The second-order valence-electron chi connectivity index (χ2n) is 25.8. The van der Waals surface area contributed by atoms with Gasteiger partial charge in [-0.1, -0.05) is 110 Å². The summed E-state index contributed by atoms with van der Waals surface area (Å²) >= 11 is 4.14. The molecule has 2 aromatic carbocycles. The second-order valence-corrected chi connectivity index (χ2v) is 26.4. The first-order valence-electron chi connectivity index (χ1n) is 32.9. The third-order valence-corrected chi connectivity index (χ3v) is 18.2. The summed E-state index contributed by atoms with van der Waals surface area (Å²) in [6.45, 7) is 20.5. The van der Waals surface area contributed by atoms with Gasteiger partial charge in [-0.05, 0) is 99.0 Å². The van der Waals surface area contributed by atoms with Crippen LogP contribution in [0, 0.1) is 23.7 Å². The number of nitrogens with one attached hydrogen (secondary N) is 6. The number of nitrogens with two attached hydrogens (primary N) is 1. The van der Waals surface area contributed by atoms with E-state index < -0.39 is 119 Å². The summed E-state index contributed by atoms with van der Waals surface area (Å²) in [5, 5.41) is 26.9. The number of likely N-dealkylation sites (N-methyl/N-ethyl adjacent to an activating group) is 2. The van der Waals surface area contributed by atoms with Crippen molar-refractivity contribution >= 4 is 83.6 Å². The van der Waals surface area contributed by atoms with E-state index in [0.717, 1.165) is 4.90 Å². The topological polar surface area (TPSA) is 347 Å². The predicted octanol–water partition coefficient (Wildman–Crippen LogP) is 5.13. The van der Waals surface area contributed by atoms with Crippen LogP contribution in [-0.2, 0) is 64.0 Å². The lowest BCUT2D eigenvalue weighted by Crippen LogP contribution is -2.60. The largest absolute Gasteiger partial charge is 0.445 e. The van der Waals surface area contributed by atoms with Crippen LogP contribution in [0.1, 0.15) is 150 Å². The van der Waals surface area contributed by atoms with Crippen molar-refractivity contribution in [1.29, 1.82) is 0 Å². The molecule has 13 atom stereocenters. The van der Waals surface area contributed by atoms with Crippen LogP contribution in [-0.4, -0.2) is 198 Å². The number of hydrogen-bond donors (Lipinski definition) is 9. The Kier molecular flexibility index (Phi) is 32.6. The van der Waals surface area contributed by atoms with Crippen LogP contribution in [0.25, 0.3) is 0 Å². The van der Waals surface area contributed by atoms with Crippen LogP contribution in [0.5, 0.6) is 0 Å². The molecular weight excluding hydrogens is 1240 g/mol. The zero-order chi connectivity index (χ0) is 71.0. The van der Waals surface area contributed by atoms with Crippen molar-refractivity contribution in [3.63, 3.8) is 0 Å². The van der Waals surface area contributed by atoms with Crippen LogP contribution in [0.4, 0.5) is 15.3 Å². The number of ether oxygens (including phenoxy) is 3. The van der Waals surface area contributed by atoms with Gasteiger partial charge in [-0.25, -0.2) is 9.59 Å². The Morgan fingerprint density at radius 2 is 1.44 bits per heavy atom. The molecule has 0 saturated carbocycles. The number of primary amides is 1. The van der Waals surface area contributed by atoms with E-state index in [4.69, 9.17) is 19.9 Å². The number of imide groups is 1. The monoisotopic (exact) mass is 1350 g/mol. The van der Waals surface area contributed by atoms with E-state index in [1.165, 1.54) is 31.1 Å². The summed E-state index contributed by atoms with van der Waals surface area (Å²) in [5.74, 6) is -5.65. The van der Waals surface area contributed by atoms with Gasteiger partial charge in [0.2, 0.25) is 53.2 Å². The first-order valence-corrected chi connectivity index (χ1v) is 33.5. The van der Waals surface area contributed by atoms with Gasteiger partial charge in [-0.3, -0.25) is 53.0 Å². The maximum Gasteiger partial charge on any atom is 0.410 e. The molecule has 2 aliphatic heterocycles.